The molecular formula is C5HN5S2. The van der Waals surface area contributed by atoms with Gasteiger partial charge in [0.2, 0.25) is 0 Å². The third-order valence-electron chi connectivity index (χ3n) is 0.838. The van der Waals surface area contributed by atoms with E-state index >= 15 is 0 Å². The average molecular weight is 195 g/mol. The molecular weight excluding hydrogens is 194 g/mol. The SMILES string of the molecule is S=C=Nc1ncnc(N=C=S)n1. The maximum atomic E-state index is 4.36. The molecule has 1 rings (SSSR count). The van der Waals surface area contributed by atoms with Gasteiger partial charge in [-0.2, -0.15) is 24.9 Å². The van der Waals surface area contributed by atoms with Crippen molar-refractivity contribution in [3.63, 3.8) is 0 Å². The highest BCUT2D eigenvalue weighted by Gasteiger charge is 1.94. The van der Waals surface area contributed by atoms with Crippen LogP contribution in [0.5, 0.6) is 0 Å². The van der Waals surface area contributed by atoms with Gasteiger partial charge in [-0.1, -0.05) is 0 Å². The fourth-order valence-electron chi connectivity index (χ4n) is 0.469. The molecule has 5 nitrogen and oxygen atoms in total. The minimum absolute atomic E-state index is 0.156. The number of isothiocyanates is 2. The topological polar surface area (TPSA) is 63.4 Å². The van der Waals surface area contributed by atoms with Crippen molar-refractivity contribution < 1.29 is 0 Å². The first-order valence-corrected chi connectivity index (χ1v) is 3.53. The van der Waals surface area contributed by atoms with Gasteiger partial charge in [-0.3, -0.25) is 0 Å². The summed E-state index contributed by atoms with van der Waals surface area (Å²) in [4.78, 5) is 18.1. The summed E-state index contributed by atoms with van der Waals surface area (Å²) in [6.45, 7) is 0. The van der Waals surface area contributed by atoms with Crippen molar-refractivity contribution in [3.05, 3.63) is 6.33 Å². The standard InChI is InChI=1S/C5HN5S2/c11-2-8-4-6-1-7-5(10-4)9-3-12/h1H. The van der Waals surface area contributed by atoms with Crippen molar-refractivity contribution in [1.82, 2.24) is 15.0 Å². The summed E-state index contributed by atoms with van der Waals surface area (Å²) < 4.78 is 0. The summed E-state index contributed by atoms with van der Waals surface area (Å²) in [5.74, 6) is 0.313. The number of nitrogens with zero attached hydrogens (tertiary/aromatic N) is 5. The normalized spacial score (nSPS) is 8.00. The van der Waals surface area contributed by atoms with E-state index in [4.69, 9.17) is 0 Å². The first-order chi connectivity index (χ1) is 5.86. The largest absolute Gasteiger partial charge is 0.263 e. The lowest BCUT2D eigenvalue weighted by Crippen LogP contribution is -1.83. The fourth-order valence-corrected chi connectivity index (χ4v) is 0.632. The van der Waals surface area contributed by atoms with Crippen molar-refractivity contribution in [2.24, 2.45) is 9.98 Å². The average Bonchev–Trinajstić information content (AvgIpc) is 2.06. The lowest BCUT2D eigenvalue weighted by atomic mass is 10.9. The van der Waals surface area contributed by atoms with Crippen LogP contribution in [-0.2, 0) is 0 Å². The Balaban J connectivity index is 3.11. The van der Waals surface area contributed by atoms with Gasteiger partial charge in [0.25, 0.3) is 11.9 Å². The Morgan fingerprint density at radius 3 is 2.00 bits per heavy atom. The van der Waals surface area contributed by atoms with Gasteiger partial charge in [0, 0.05) is 0 Å². The molecule has 1 heterocycles. The summed E-state index contributed by atoms with van der Waals surface area (Å²) in [6, 6.07) is 0. The van der Waals surface area contributed by atoms with Crippen molar-refractivity contribution in [1.29, 1.82) is 0 Å². The van der Waals surface area contributed by atoms with Crippen molar-refractivity contribution in [3.8, 4) is 0 Å². The van der Waals surface area contributed by atoms with E-state index in [1.54, 1.807) is 0 Å². The minimum Gasteiger partial charge on any atom is -0.199 e. The molecule has 0 aliphatic rings. The molecule has 12 heavy (non-hydrogen) atoms. The van der Waals surface area contributed by atoms with Crippen LogP contribution in [-0.4, -0.2) is 25.3 Å². The highest BCUT2D eigenvalue weighted by atomic mass is 32.1. The summed E-state index contributed by atoms with van der Waals surface area (Å²) in [7, 11) is 0. The minimum atomic E-state index is 0.156. The van der Waals surface area contributed by atoms with Crippen molar-refractivity contribution >= 4 is 46.7 Å². The number of rotatable bonds is 2. The van der Waals surface area contributed by atoms with Crippen LogP contribution in [0.4, 0.5) is 11.9 Å². The Labute approximate surface area is 78.3 Å². The van der Waals surface area contributed by atoms with E-state index in [1.165, 1.54) is 6.33 Å². The van der Waals surface area contributed by atoms with E-state index < -0.39 is 0 Å². The summed E-state index contributed by atoms with van der Waals surface area (Å²) in [5, 5.41) is 4.24. The highest BCUT2D eigenvalue weighted by Crippen LogP contribution is 2.05. The maximum absolute atomic E-state index is 4.36. The molecule has 0 aliphatic heterocycles. The highest BCUT2D eigenvalue weighted by molar-refractivity contribution is 7.78. The van der Waals surface area contributed by atoms with Crippen LogP contribution in [0.15, 0.2) is 16.3 Å². The van der Waals surface area contributed by atoms with E-state index in [2.05, 4.69) is 59.7 Å². The molecule has 1 aromatic heterocycles. The zero-order valence-electron chi connectivity index (χ0n) is 5.63. The number of hydrogen-bond acceptors (Lipinski definition) is 7. The predicted molar refractivity (Wildman–Crippen MR) is 49.2 cm³/mol. The van der Waals surface area contributed by atoms with Crippen LogP contribution < -0.4 is 0 Å². The number of hydrogen-bond donors (Lipinski definition) is 0. The van der Waals surface area contributed by atoms with Gasteiger partial charge in [0.1, 0.15) is 6.33 Å². The number of aliphatic imine (C=N–C) groups is 2. The summed E-state index contributed by atoms with van der Waals surface area (Å²) in [5.41, 5.74) is 0. The Kier molecular flexibility index (Phi) is 3.25. The van der Waals surface area contributed by atoms with Crippen LogP contribution in [0.3, 0.4) is 0 Å². The first kappa shape index (κ1) is 8.70. The predicted octanol–water partition coefficient (Wildman–Crippen LogP) is 1.34. The van der Waals surface area contributed by atoms with Gasteiger partial charge >= 0.3 is 0 Å². The van der Waals surface area contributed by atoms with Crippen molar-refractivity contribution in [2.45, 2.75) is 0 Å². The molecule has 0 saturated carbocycles. The van der Waals surface area contributed by atoms with Gasteiger partial charge in [0.05, 0.1) is 10.3 Å². The summed E-state index contributed by atoms with van der Waals surface area (Å²) >= 11 is 8.72. The van der Waals surface area contributed by atoms with Gasteiger partial charge in [-0.05, 0) is 24.4 Å². The van der Waals surface area contributed by atoms with E-state index in [-0.39, 0.29) is 11.9 Å². The zero-order valence-corrected chi connectivity index (χ0v) is 7.26. The van der Waals surface area contributed by atoms with E-state index in [0.717, 1.165) is 0 Å². The molecule has 1 aromatic rings. The number of thiocarbonyl (C=S) groups is 2. The van der Waals surface area contributed by atoms with Crippen LogP contribution in [0.25, 0.3) is 0 Å². The lowest BCUT2D eigenvalue weighted by molar-refractivity contribution is 1.03. The van der Waals surface area contributed by atoms with Gasteiger partial charge in [-0.15, -0.1) is 0 Å². The molecule has 0 bridgehead atoms. The Bertz CT molecular complexity index is 344. The van der Waals surface area contributed by atoms with Gasteiger partial charge in [-0.25, -0.2) is 0 Å². The summed E-state index contributed by atoms with van der Waals surface area (Å²) in [6.07, 6.45) is 1.25. The maximum Gasteiger partial charge on any atom is 0.263 e. The third kappa shape index (κ3) is 2.34. The zero-order chi connectivity index (χ0) is 8.81. The molecule has 0 amide bonds. The smallest absolute Gasteiger partial charge is 0.199 e. The van der Waals surface area contributed by atoms with E-state index in [1.807, 2.05) is 0 Å². The van der Waals surface area contributed by atoms with Crippen LogP contribution in [0.2, 0.25) is 0 Å². The van der Waals surface area contributed by atoms with Crippen LogP contribution >= 0.6 is 24.4 Å². The fraction of sp³-hybridized carbons (Fsp3) is 0. The second-order valence-corrected chi connectivity index (χ2v) is 1.86. The molecule has 0 saturated heterocycles. The van der Waals surface area contributed by atoms with E-state index in [0.29, 0.717) is 0 Å². The molecule has 0 unspecified atom stereocenters. The van der Waals surface area contributed by atoms with Crippen LogP contribution in [0, 0.1) is 0 Å². The molecule has 0 aliphatic carbocycles. The van der Waals surface area contributed by atoms with Crippen molar-refractivity contribution in [2.75, 3.05) is 0 Å². The molecule has 0 aromatic carbocycles. The lowest BCUT2D eigenvalue weighted by Gasteiger charge is -1.88. The van der Waals surface area contributed by atoms with Gasteiger partial charge in [0.15, 0.2) is 0 Å². The monoisotopic (exact) mass is 195 g/mol. The molecule has 7 heteroatoms. The molecule has 58 valence electrons. The Morgan fingerprint density at radius 1 is 1.08 bits per heavy atom. The molecule has 0 N–H and O–H groups in total. The Morgan fingerprint density at radius 2 is 1.58 bits per heavy atom. The van der Waals surface area contributed by atoms with E-state index in [9.17, 15) is 0 Å². The second kappa shape index (κ2) is 4.48. The molecule has 0 radical (unpaired) electrons. The molecule has 0 spiro atoms. The quantitative estimate of drug-likeness (QED) is 0.526. The Hall–Kier alpha value is -1.39. The third-order valence-corrected chi connectivity index (χ3v) is 1.02. The van der Waals surface area contributed by atoms with Gasteiger partial charge < -0.3 is 0 Å². The first-order valence-electron chi connectivity index (χ1n) is 2.71. The molecule has 0 fully saturated rings. The molecule has 0 atom stereocenters. The van der Waals surface area contributed by atoms with Crippen LogP contribution in [0.1, 0.15) is 0 Å². The number of aromatic nitrogens is 3. The second-order valence-electron chi connectivity index (χ2n) is 1.49.